The fourth-order valence-corrected chi connectivity index (χ4v) is 2.49. The molecule has 2 aromatic rings. The topological polar surface area (TPSA) is 85.8 Å². The van der Waals surface area contributed by atoms with Crippen LogP contribution in [0.3, 0.4) is 0 Å². The van der Waals surface area contributed by atoms with Gasteiger partial charge < -0.3 is 11.1 Å². The molecule has 0 fully saturated rings. The molecule has 0 aliphatic carbocycles. The zero-order valence-corrected chi connectivity index (χ0v) is 14.6. The average molecular weight is 344 g/mol. The third-order valence-electron chi connectivity index (χ3n) is 3.77. The summed E-state index contributed by atoms with van der Waals surface area (Å²) < 4.78 is 1.66. The Hall–Kier alpha value is -1.44. The quantitative estimate of drug-likeness (QED) is 0.839. The van der Waals surface area contributed by atoms with Crippen molar-refractivity contribution in [3.05, 3.63) is 34.3 Å². The summed E-state index contributed by atoms with van der Waals surface area (Å²) in [6, 6.07) is 4.01. The molecule has 0 radical (unpaired) electrons. The SMILES string of the molecule is CC(C)C(C)(CN)NC(=O)c1cn(Cc2cccs2)nn1.Cl. The monoisotopic (exact) mass is 343 g/mol. The number of halogens is 1. The molecule has 3 N–H and O–H groups in total. The Balaban J connectivity index is 0.00000242. The van der Waals surface area contributed by atoms with Crippen LogP contribution in [0.5, 0.6) is 0 Å². The predicted molar refractivity (Wildman–Crippen MR) is 90.5 cm³/mol. The van der Waals surface area contributed by atoms with E-state index in [2.05, 4.69) is 15.6 Å². The van der Waals surface area contributed by atoms with E-state index >= 15 is 0 Å². The Bertz CT molecular complexity index is 598. The number of amides is 1. The van der Waals surface area contributed by atoms with Gasteiger partial charge >= 0.3 is 0 Å². The van der Waals surface area contributed by atoms with Gasteiger partial charge in [0.05, 0.1) is 18.3 Å². The summed E-state index contributed by atoms with van der Waals surface area (Å²) in [6.45, 7) is 6.99. The molecule has 2 aromatic heterocycles. The number of carbonyl (C=O) groups excluding carboxylic acids is 1. The van der Waals surface area contributed by atoms with E-state index in [0.29, 0.717) is 18.8 Å². The smallest absolute Gasteiger partial charge is 0.273 e. The molecular weight excluding hydrogens is 322 g/mol. The number of nitrogens with two attached hydrogens (primary N) is 1. The molecule has 6 nitrogen and oxygen atoms in total. The predicted octanol–water partition coefficient (Wildman–Crippen LogP) is 1.91. The molecule has 0 aliphatic heterocycles. The van der Waals surface area contributed by atoms with Crippen molar-refractivity contribution in [2.45, 2.75) is 32.9 Å². The minimum absolute atomic E-state index is 0. The summed E-state index contributed by atoms with van der Waals surface area (Å²) in [5, 5.41) is 12.9. The highest BCUT2D eigenvalue weighted by Crippen LogP contribution is 2.15. The first kappa shape index (κ1) is 18.6. The lowest BCUT2D eigenvalue weighted by atomic mass is 9.88. The third-order valence-corrected chi connectivity index (χ3v) is 4.63. The van der Waals surface area contributed by atoms with Gasteiger partial charge in [0, 0.05) is 11.4 Å². The fraction of sp³-hybridized carbons (Fsp3) is 0.500. The van der Waals surface area contributed by atoms with Crippen molar-refractivity contribution < 1.29 is 4.79 Å². The molecule has 122 valence electrons. The van der Waals surface area contributed by atoms with Crippen molar-refractivity contribution in [2.24, 2.45) is 11.7 Å². The van der Waals surface area contributed by atoms with Gasteiger partial charge in [-0.25, -0.2) is 4.68 Å². The van der Waals surface area contributed by atoms with E-state index in [-0.39, 0.29) is 24.2 Å². The first-order valence-electron chi connectivity index (χ1n) is 6.89. The average Bonchev–Trinajstić information content (AvgIpc) is 3.10. The maximum Gasteiger partial charge on any atom is 0.273 e. The maximum absolute atomic E-state index is 12.3. The van der Waals surface area contributed by atoms with Gasteiger partial charge in [0.25, 0.3) is 5.91 Å². The van der Waals surface area contributed by atoms with Crippen LogP contribution in [0.1, 0.15) is 36.1 Å². The minimum atomic E-state index is -0.450. The molecule has 2 rings (SSSR count). The van der Waals surface area contributed by atoms with Gasteiger partial charge in [0.1, 0.15) is 0 Å². The summed E-state index contributed by atoms with van der Waals surface area (Å²) in [4.78, 5) is 13.4. The van der Waals surface area contributed by atoms with E-state index in [4.69, 9.17) is 5.73 Å². The van der Waals surface area contributed by atoms with E-state index in [1.165, 1.54) is 4.88 Å². The number of carbonyl (C=O) groups is 1. The molecule has 0 aromatic carbocycles. The molecule has 1 unspecified atom stereocenters. The Kier molecular flexibility index (Phi) is 6.52. The first-order chi connectivity index (χ1) is 9.94. The summed E-state index contributed by atoms with van der Waals surface area (Å²) in [6.07, 6.45) is 1.66. The lowest BCUT2D eigenvalue weighted by Gasteiger charge is -2.33. The number of aromatic nitrogens is 3. The number of nitrogens with zero attached hydrogens (tertiary/aromatic N) is 3. The van der Waals surface area contributed by atoms with Crippen molar-refractivity contribution >= 4 is 29.7 Å². The van der Waals surface area contributed by atoms with E-state index in [0.717, 1.165) is 0 Å². The van der Waals surface area contributed by atoms with Crippen LogP contribution in [-0.2, 0) is 6.54 Å². The molecule has 1 amide bonds. The molecule has 0 spiro atoms. The molecule has 22 heavy (non-hydrogen) atoms. The van der Waals surface area contributed by atoms with Crippen molar-refractivity contribution in [3.8, 4) is 0 Å². The lowest BCUT2D eigenvalue weighted by Crippen LogP contribution is -2.55. The molecule has 0 saturated carbocycles. The van der Waals surface area contributed by atoms with Gasteiger partial charge in [0.15, 0.2) is 5.69 Å². The van der Waals surface area contributed by atoms with Gasteiger partial charge in [-0.05, 0) is 24.3 Å². The van der Waals surface area contributed by atoms with Crippen LogP contribution in [0.15, 0.2) is 23.7 Å². The largest absolute Gasteiger partial charge is 0.344 e. The highest BCUT2D eigenvalue weighted by Gasteiger charge is 2.29. The number of hydrogen-bond donors (Lipinski definition) is 2. The van der Waals surface area contributed by atoms with Crippen LogP contribution < -0.4 is 11.1 Å². The van der Waals surface area contributed by atoms with Crippen molar-refractivity contribution in [2.75, 3.05) is 6.54 Å². The molecule has 0 aliphatic rings. The second kappa shape index (κ2) is 7.71. The van der Waals surface area contributed by atoms with E-state index in [1.807, 2.05) is 38.3 Å². The van der Waals surface area contributed by atoms with E-state index in [1.54, 1.807) is 22.2 Å². The van der Waals surface area contributed by atoms with Gasteiger partial charge in [-0.1, -0.05) is 25.1 Å². The summed E-state index contributed by atoms with van der Waals surface area (Å²) in [5.41, 5.74) is 5.64. The van der Waals surface area contributed by atoms with Crippen LogP contribution >= 0.6 is 23.7 Å². The Morgan fingerprint density at radius 2 is 2.27 bits per heavy atom. The van der Waals surface area contributed by atoms with Crippen molar-refractivity contribution in [1.29, 1.82) is 0 Å². The Labute approximate surface area is 140 Å². The normalized spacial score (nSPS) is 13.5. The lowest BCUT2D eigenvalue weighted by molar-refractivity contribution is 0.0878. The highest BCUT2D eigenvalue weighted by atomic mass is 35.5. The van der Waals surface area contributed by atoms with Gasteiger partial charge in [-0.15, -0.1) is 28.8 Å². The van der Waals surface area contributed by atoms with Crippen LogP contribution in [0.25, 0.3) is 0 Å². The molecular formula is C14H22ClN5OS. The number of rotatable bonds is 6. The summed E-state index contributed by atoms with van der Waals surface area (Å²) >= 11 is 1.65. The first-order valence-corrected chi connectivity index (χ1v) is 7.77. The Morgan fingerprint density at radius 1 is 1.55 bits per heavy atom. The molecule has 2 heterocycles. The minimum Gasteiger partial charge on any atom is -0.344 e. The molecule has 1 atom stereocenters. The second-order valence-electron chi connectivity index (χ2n) is 5.61. The third kappa shape index (κ3) is 4.28. The van der Waals surface area contributed by atoms with Crippen molar-refractivity contribution in [3.63, 3.8) is 0 Å². The van der Waals surface area contributed by atoms with Crippen molar-refractivity contribution in [1.82, 2.24) is 20.3 Å². The molecule has 8 heteroatoms. The van der Waals surface area contributed by atoms with Crippen LogP contribution in [0, 0.1) is 5.92 Å². The standard InChI is InChI=1S/C14H21N5OS.ClH/c1-10(2)14(3,9-15)16-13(20)12-8-19(18-17-12)7-11-5-4-6-21-11;/h4-6,8,10H,7,9,15H2,1-3H3,(H,16,20);1H. The van der Waals surface area contributed by atoms with E-state index < -0.39 is 5.54 Å². The van der Waals surface area contributed by atoms with Gasteiger partial charge in [-0.3, -0.25) is 4.79 Å². The molecule has 0 saturated heterocycles. The van der Waals surface area contributed by atoms with Crippen LogP contribution in [0.4, 0.5) is 0 Å². The van der Waals surface area contributed by atoms with Crippen LogP contribution in [0.2, 0.25) is 0 Å². The molecule has 0 bridgehead atoms. The van der Waals surface area contributed by atoms with Gasteiger partial charge in [-0.2, -0.15) is 0 Å². The van der Waals surface area contributed by atoms with Crippen LogP contribution in [-0.4, -0.2) is 33.0 Å². The zero-order chi connectivity index (χ0) is 15.5. The Morgan fingerprint density at radius 3 is 2.82 bits per heavy atom. The van der Waals surface area contributed by atoms with E-state index in [9.17, 15) is 4.79 Å². The summed E-state index contributed by atoms with van der Waals surface area (Å²) in [5.74, 6) is -0.0123. The number of thiophene rings is 1. The summed E-state index contributed by atoms with van der Waals surface area (Å²) in [7, 11) is 0. The highest BCUT2D eigenvalue weighted by molar-refractivity contribution is 7.09. The number of nitrogens with one attached hydrogen (secondary N) is 1. The maximum atomic E-state index is 12.3. The van der Waals surface area contributed by atoms with Gasteiger partial charge in [0.2, 0.25) is 0 Å². The zero-order valence-electron chi connectivity index (χ0n) is 12.9. The number of hydrogen-bond acceptors (Lipinski definition) is 5. The second-order valence-corrected chi connectivity index (χ2v) is 6.64. The fourth-order valence-electron chi connectivity index (χ4n) is 1.80.